The van der Waals surface area contributed by atoms with E-state index >= 15 is 0 Å². The molecule has 0 aliphatic heterocycles. The van der Waals surface area contributed by atoms with Gasteiger partial charge < -0.3 is 15.6 Å². The molecule has 4 nitrogen and oxygen atoms in total. The molecule has 3 N–H and O–H groups in total. The minimum Gasteiger partial charge on any atom is -0.399 e. The van der Waals surface area contributed by atoms with E-state index in [9.17, 15) is 4.79 Å². The van der Waals surface area contributed by atoms with Crippen molar-refractivity contribution in [2.45, 2.75) is 13.0 Å². The average Bonchev–Trinajstić information content (AvgIpc) is 2.82. The zero-order valence-electron chi connectivity index (χ0n) is 10.2. The van der Waals surface area contributed by atoms with E-state index in [0.29, 0.717) is 18.7 Å². The van der Waals surface area contributed by atoms with Crippen molar-refractivity contribution in [2.75, 3.05) is 12.3 Å². The number of nitrogens with one attached hydrogen (secondary N) is 1. The third kappa shape index (κ3) is 3.66. The SMILES string of the molecule is Nc1cccc(CC(=O)NCCn2cccc2)c1. The summed E-state index contributed by atoms with van der Waals surface area (Å²) in [6.45, 7) is 1.42. The van der Waals surface area contributed by atoms with Crippen molar-refractivity contribution in [1.82, 2.24) is 9.88 Å². The standard InChI is InChI=1S/C14H17N3O/c15-13-5-3-4-12(10-13)11-14(18)16-6-9-17-7-1-2-8-17/h1-5,7-8,10H,6,9,11,15H2,(H,16,18). The molecule has 0 fully saturated rings. The van der Waals surface area contributed by atoms with Crippen molar-refractivity contribution in [3.05, 3.63) is 54.4 Å². The van der Waals surface area contributed by atoms with Crippen LogP contribution in [0.15, 0.2) is 48.8 Å². The van der Waals surface area contributed by atoms with Crippen molar-refractivity contribution < 1.29 is 4.79 Å². The third-order valence-electron chi connectivity index (χ3n) is 2.67. The molecular formula is C14H17N3O. The monoisotopic (exact) mass is 243 g/mol. The normalized spacial score (nSPS) is 10.2. The molecule has 0 saturated carbocycles. The fraction of sp³-hybridized carbons (Fsp3) is 0.214. The van der Waals surface area contributed by atoms with E-state index in [-0.39, 0.29) is 5.91 Å². The number of amides is 1. The van der Waals surface area contributed by atoms with E-state index in [1.807, 2.05) is 53.4 Å². The van der Waals surface area contributed by atoms with Crippen molar-refractivity contribution >= 4 is 11.6 Å². The number of carbonyl (C=O) groups is 1. The van der Waals surface area contributed by atoms with Gasteiger partial charge >= 0.3 is 0 Å². The van der Waals surface area contributed by atoms with Gasteiger partial charge in [0, 0.05) is 31.2 Å². The minimum absolute atomic E-state index is 0.0211. The molecule has 2 rings (SSSR count). The first-order valence-corrected chi connectivity index (χ1v) is 5.96. The predicted octanol–water partition coefficient (Wildman–Crippen LogP) is 1.43. The molecule has 2 aromatic rings. The molecular weight excluding hydrogens is 226 g/mol. The van der Waals surface area contributed by atoms with Crippen LogP contribution in [0.25, 0.3) is 0 Å². The lowest BCUT2D eigenvalue weighted by Crippen LogP contribution is -2.28. The zero-order valence-corrected chi connectivity index (χ0v) is 10.2. The van der Waals surface area contributed by atoms with Crippen LogP contribution in [0.3, 0.4) is 0 Å². The van der Waals surface area contributed by atoms with Crippen LogP contribution < -0.4 is 11.1 Å². The number of aromatic nitrogens is 1. The van der Waals surface area contributed by atoms with E-state index in [1.165, 1.54) is 0 Å². The van der Waals surface area contributed by atoms with Gasteiger partial charge in [-0.3, -0.25) is 4.79 Å². The summed E-state index contributed by atoms with van der Waals surface area (Å²) >= 11 is 0. The van der Waals surface area contributed by atoms with Crippen LogP contribution >= 0.6 is 0 Å². The molecule has 0 unspecified atom stereocenters. The van der Waals surface area contributed by atoms with Gasteiger partial charge in [-0.2, -0.15) is 0 Å². The van der Waals surface area contributed by atoms with E-state index < -0.39 is 0 Å². The largest absolute Gasteiger partial charge is 0.399 e. The van der Waals surface area contributed by atoms with Crippen molar-refractivity contribution in [2.24, 2.45) is 0 Å². The molecule has 0 aliphatic rings. The molecule has 1 aromatic heterocycles. The van der Waals surface area contributed by atoms with Crippen LogP contribution in [0.2, 0.25) is 0 Å². The van der Waals surface area contributed by atoms with Gasteiger partial charge in [0.25, 0.3) is 0 Å². The fourth-order valence-electron chi connectivity index (χ4n) is 1.79. The first-order valence-electron chi connectivity index (χ1n) is 5.96. The minimum atomic E-state index is 0.0211. The summed E-state index contributed by atoms with van der Waals surface area (Å²) in [5.41, 5.74) is 7.29. The van der Waals surface area contributed by atoms with E-state index in [2.05, 4.69) is 5.32 Å². The van der Waals surface area contributed by atoms with Gasteiger partial charge in [-0.25, -0.2) is 0 Å². The lowest BCUT2D eigenvalue weighted by molar-refractivity contribution is -0.120. The summed E-state index contributed by atoms with van der Waals surface area (Å²) in [7, 11) is 0. The molecule has 94 valence electrons. The Bertz CT molecular complexity index is 506. The second-order valence-corrected chi connectivity index (χ2v) is 4.19. The highest BCUT2D eigenvalue weighted by Gasteiger charge is 2.02. The smallest absolute Gasteiger partial charge is 0.224 e. The lowest BCUT2D eigenvalue weighted by Gasteiger charge is -2.06. The van der Waals surface area contributed by atoms with Crippen LogP contribution in [-0.2, 0) is 17.8 Å². The molecule has 0 radical (unpaired) electrons. The lowest BCUT2D eigenvalue weighted by atomic mass is 10.1. The Morgan fingerprint density at radius 3 is 2.72 bits per heavy atom. The van der Waals surface area contributed by atoms with Crippen molar-refractivity contribution in [1.29, 1.82) is 0 Å². The molecule has 1 aromatic carbocycles. The van der Waals surface area contributed by atoms with E-state index in [1.54, 1.807) is 0 Å². The molecule has 0 atom stereocenters. The molecule has 0 spiro atoms. The first kappa shape index (κ1) is 12.2. The Kier molecular flexibility index (Phi) is 4.02. The Labute approximate surface area is 106 Å². The Balaban J connectivity index is 1.75. The Morgan fingerprint density at radius 2 is 2.00 bits per heavy atom. The van der Waals surface area contributed by atoms with Crippen LogP contribution in [0.4, 0.5) is 5.69 Å². The van der Waals surface area contributed by atoms with Gasteiger partial charge in [0.05, 0.1) is 6.42 Å². The fourth-order valence-corrected chi connectivity index (χ4v) is 1.79. The topological polar surface area (TPSA) is 60.1 Å². The number of nitrogens with zero attached hydrogens (tertiary/aromatic N) is 1. The summed E-state index contributed by atoms with van der Waals surface area (Å²) in [4.78, 5) is 11.7. The van der Waals surface area contributed by atoms with Gasteiger partial charge in [0.15, 0.2) is 0 Å². The number of nitrogens with two attached hydrogens (primary N) is 1. The molecule has 1 amide bonds. The maximum Gasteiger partial charge on any atom is 0.224 e. The maximum atomic E-state index is 11.7. The molecule has 0 saturated heterocycles. The highest BCUT2D eigenvalue weighted by Crippen LogP contribution is 2.06. The number of nitrogen functional groups attached to an aromatic ring is 1. The highest BCUT2D eigenvalue weighted by molar-refractivity contribution is 5.78. The van der Waals surface area contributed by atoms with Gasteiger partial charge in [-0.1, -0.05) is 12.1 Å². The van der Waals surface area contributed by atoms with Gasteiger partial charge in [0.2, 0.25) is 5.91 Å². The number of hydrogen-bond donors (Lipinski definition) is 2. The number of benzene rings is 1. The van der Waals surface area contributed by atoms with Crippen LogP contribution in [-0.4, -0.2) is 17.0 Å². The summed E-state index contributed by atoms with van der Waals surface area (Å²) in [6, 6.07) is 11.3. The zero-order chi connectivity index (χ0) is 12.8. The summed E-state index contributed by atoms with van der Waals surface area (Å²) < 4.78 is 2.03. The molecule has 18 heavy (non-hydrogen) atoms. The van der Waals surface area contributed by atoms with Gasteiger partial charge in [-0.15, -0.1) is 0 Å². The number of rotatable bonds is 5. The van der Waals surface area contributed by atoms with Crippen LogP contribution in [0.5, 0.6) is 0 Å². The molecule has 1 heterocycles. The number of hydrogen-bond acceptors (Lipinski definition) is 2. The van der Waals surface area contributed by atoms with Crippen molar-refractivity contribution in [3.63, 3.8) is 0 Å². The predicted molar refractivity (Wildman–Crippen MR) is 72.0 cm³/mol. The van der Waals surface area contributed by atoms with Crippen LogP contribution in [0, 0.1) is 0 Å². The third-order valence-corrected chi connectivity index (χ3v) is 2.67. The summed E-state index contributed by atoms with van der Waals surface area (Å²) in [5.74, 6) is 0.0211. The molecule has 0 bridgehead atoms. The Hall–Kier alpha value is -2.23. The second-order valence-electron chi connectivity index (χ2n) is 4.19. The highest BCUT2D eigenvalue weighted by atomic mass is 16.1. The molecule has 4 heteroatoms. The molecule has 0 aliphatic carbocycles. The van der Waals surface area contributed by atoms with Crippen molar-refractivity contribution in [3.8, 4) is 0 Å². The van der Waals surface area contributed by atoms with Crippen LogP contribution in [0.1, 0.15) is 5.56 Å². The Morgan fingerprint density at radius 1 is 1.22 bits per heavy atom. The number of anilines is 1. The second kappa shape index (κ2) is 5.91. The summed E-state index contributed by atoms with van der Waals surface area (Å²) in [5, 5.41) is 2.89. The maximum absolute atomic E-state index is 11.7. The van der Waals surface area contributed by atoms with Gasteiger partial charge in [0.1, 0.15) is 0 Å². The van der Waals surface area contributed by atoms with E-state index in [0.717, 1.165) is 12.1 Å². The average molecular weight is 243 g/mol. The van der Waals surface area contributed by atoms with E-state index in [4.69, 9.17) is 5.73 Å². The quantitative estimate of drug-likeness (QED) is 0.780. The summed E-state index contributed by atoms with van der Waals surface area (Å²) in [6.07, 6.45) is 4.32. The number of carbonyl (C=O) groups excluding carboxylic acids is 1. The first-order chi connectivity index (χ1) is 8.74. The van der Waals surface area contributed by atoms with Gasteiger partial charge in [-0.05, 0) is 29.8 Å².